The van der Waals surface area contributed by atoms with Crippen LogP contribution in [0.5, 0.6) is 0 Å². The van der Waals surface area contributed by atoms with Gasteiger partial charge in [0.15, 0.2) is 11.8 Å². The van der Waals surface area contributed by atoms with Crippen LogP contribution >= 0.6 is 0 Å². The van der Waals surface area contributed by atoms with Gasteiger partial charge in [-0.05, 0) is 0 Å². The molecule has 7 N–H and O–H groups in total. The second kappa shape index (κ2) is 4.44. The lowest BCUT2D eigenvalue weighted by molar-refractivity contribution is -0.165. The molecule has 0 spiro atoms. The Bertz CT molecular complexity index is 238. The lowest BCUT2D eigenvalue weighted by Gasteiger charge is -2.25. The molecule has 0 aromatic rings. The molecule has 0 aromatic heterocycles. The molecule has 0 aliphatic heterocycles. The first-order valence-electron chi connectivity index (χ1n) is 3.49. The van der Waals surface area contributed by atoms with Gasteiger partial charge in [0, 0.05) is 0 Å². The van der Waals surface area contributed by atoms with E-state index in [0.717, 1.165) is 0 Å². The minimum atomic E-state index is -2.67. The lowest BCUT2D eigenvalue weighted by atomic mass is 10.0. The Kier molecular flexibility index (Phi) is 4.10. The fourth-order valence-electron chi connectivity index (χ4n) is 0.604. The molecule has 0 aromatic carbocycles. The van der Waals surface area contributed by atoms with E-state index in [0.29, 0.717) is 0 Å². The molecule has 0 saturated carbocycles. The molecule has 0 heterocycles. The molecular formula is C6H11NO7. The van der Waals surface area contributed by atoms with Gasteiger partial charge in [-0.3, -0.25) is 10.5 Å². The molecular weight excluding hydrogens is 198 g/mol. The molecule has 8 heteroatoms. The van der Waals surface area contributed by atoms with Crippen molar-refractivity contribution in [2.75, 3.05) is 6.61 Å². The maximum Gasteiger partial charge on any atom is 0.340 e. The molecule has 8 nitrogen and oxygen atoms in total. The highest BCUT2D eigenvalue weighted by Gasteiger charge is 2.41. The van der Waals surface area contributed by atoms with Gasteiger partial charge in [-0.1, -0.05) is 0 Å². The van der Waals surface area contributed by atoms with E-state index in [9.17, 15) is 9.59 Å². The maximum atomic E-state index is 10.9. The minimum absolute atomic E-state index is 1.16. The minimum Gasteiger partial charge on any atom is -0.479 e. The summed E-state index contributed by atoms with van der Waals surface area (Å²) in [6.07, 6.45) is -4.87. The van der Waals surface area contributed by atoms with Crippen LogP contribution in [0.1, 0.15) is 0 Å². The Morgan fingerprint density at radius 1 is 1.36 bits per heavy atom. The fourth-order valence-corrected chi connectivity index (χ4v) is 0.604. The zero-order chi connectivity index (χ0) is 11.5. The Hall–Kier alpha value is -1.06. The summed E-state index contributed by atoms with van der Waals surface area (Å²) >= 11 is 0. The van der Waals surface area contributed by atoms with Crippen LogP contribution in [0.3, 0.4) is 0 Å². The maximum absolute atomic E-state index is 10.9. The second-order valence-corrected chi connectivity index (χ2v) is 2.70. The van der Waals surface area contributed by atoms with Gasteiger partial charge < -0.3 is 25.5 Å². The quantitative estimate of drug-likeness (QED) is 0.197. The number of aliphatic carboxylic acids is 1. The molecule has 0 saturated heterocycles. The summed E-state index contributed by atoms with van der Waals surface area (Å²) in [6.45, 7) is -1.16. The summed E-state index contributed by atoms with van der Waals surface area (Å²) in [5.41, 5.74) is 2.16. The number of hydrogen-bond donors (Lipinski definition) is 6. The van der Waals surface area contributed by atoms with Gasteiger partial charge in [0.1, 0.15) is 0 Å². The first kappa shape index (κ1) is 12.9. The summed E-state index contributed by atoms with van der Waals surface area (Å²) in [5, 5.41) is 43.2. The largest absolute Gasteiger partial charge is 0.479 e. The number of hydrogen-bond acceptors (Lipinski definition) is 7. The molecule has 0 bridgehead atoms. The van der Waals surface area contributed by atoms with E-state index in [1.165, 1.54) is 0 Å². The molecule has 0 amide bonds. The van der Waals surface area contributed by atoms with Crippen molar-refractivity contribution in [1.82, 2.24) is 0 Å². The van der Waals surface area contributed by atoms with Crippen LogP contribution in [0.25, 0.3) is 0 Å². The third kappa shape index (κ3) is 2.72. The number of carboxylic acid groups (broad SMARTS) is 1. The molecule has 0 aliphatic carbocycles. The summed E-state index contributed by atoms with van der Waals surface area (Å²) < 4.78 is 0. The normalized spacial score (nSPS) is 19.5. The van der Waals surface area contributed by atoms with Gasteiger partial charge in [-0.25, -0.2) is 4.79 Å². The molecule has 0 rings (SSSR count). The lowest BCUT2D eigenvalue weighted by Crippen LogP contribution is -2.59. The smallest absolute Gasteiger partial charge is 0.340 e. The zero-order valence-electron chi connectivity index (χ0n) is 6.99. The summed E-state index contributed by atoms with van der Waals surface area (Å²) in [7, 11) is 0. The molecule has 82 valence electrons. The van der Waals surface area contributed by atoms with Crippen LogP contribution in [0, 0.1) is 0 Å². The predicted molar refractivity (Wildman–Crippen MR) is 40.9 cm³/mol. The number of rotatable bonds is 5. The Morgan fingerprint density at radius 3 is 2.07 bits per heavy atom. The predicted octanol–water partition coefficient (Wildman–Crippen LogP) is -4.00. The number of Topliss-reactive ketones (excluding diaryl/α,β-unsaturated/α-hetero) is 1. The average Bonchev–Trinajstić information content (AvgIpc) is 2.14. The van der Waals surface area contributed by atoms with Crippen LogP contribution in [0.4, 0.5) is 0 Å². The Balaban J connectivity index is 4.63. The van der Waals surface area contributed by atoms with Crippen molar-refractivity contribution >= 4 is 11.8 Å². The van der Waals surface area contributed by atoms with Crippen molar-refractivity contribution < 1.29 is 35.1 Å². The molecule has 0 aliphatic rings. The van der Waals surface area contributed by atoms with E-state index in [4.69, 9.17) is 31.3 Å². The number of carbonyl (C=O) groups is 2. The number of aliphatic hydroxyl groups is 4. The van der Waals surface area contributed by atoms with E-state index < -0.39 is 36.3 Å². The van der Waals surface area contributed by atoms with Crippen molar-refractivity contribution in [3.63, 3.8) is 0 Å². The Morgan fingerprint density at radius 2 is 1.79 bits per heavy atom. The third-order valence-corrected chi connectivity index (χ3v) is 1.50. The zero-order valence-corrected chi connectivity index (χ0v) is 6.99. The molecule has 14 heavy (non-hydrogen) atoms. The molecule has 0 fully saturated rings. The SMILES string of the molecule is N[C@@](O)(CO)[C@@H](O)C(=O)C(O)C(=O)O. The van der Waals surface area contributed by atoms with Gasteiger partial charge in [0.25, 0.3) is 0 Å². The number of aliphatic hydroxyl groups excluding tert-OH is 3. The van der Waals surface area contributed by atoms with Gasteiger partial charge in [0.2, 0.25) is 11.9 Å². The van der Waals surface area contributed by atoms with Crippen molar-refractivity contribution in [2.24, 2.45) is 5.73 Å². The second-order valence-electron chi connectivity index (χ2n) is 2.70. The fraction of sp³-hybridized carbons (Fsp3) is 0.667. The highest BCUT2D eigenvalue weighted by molar-refractivity contribution is 6.03. The molecule has 1 unspecified atom stereocenters. The monoisotopic (exact) mass is 209 g/mol. The highest BCUT2D eigenvalue weighted by Crippen LogP contribution is 2.06. The van der Waals surface area contributed by atoms with Crippen LogP contribution in [-0.4, -0.2) is 61.8 Å². The van der Waals surface area contributed by atoms with Crippen molar-refractivity contribution in [2.45, 2.75) is 17.9 Å². The number of nitrogens with two attached hydrogens (primary N) is 1. The number of carboxylic acids is 1. The third-order valence-electron chi connectivity index (χ3n) is 1.50. The van der Waals surface area contributed by atoms with Gasteiger partial charge in [0.05, 0.1) is 6.61 Å². The summed E-state index contributed by atoms with van der Waals surface area (Å²) in [4.78, 5) is 21.0. The molecule has 3 atom stereocenters. The van der Waals surface area contributed by atoms with E-state index in [2.05, 4.69) is 0 Å². The van der Waals surface area contributed by atoms with E-state index >= 15 is 0 Å². The van der Waals surface area contributed by atoms with Gasteiger partial charge in [-0.2, -0.15) is 0 Å². The number of carbonyl (C=O) groups excluding carboxylic acids is 1. The van der Waals surface area contributed by atoms with Crippen molar-refractivity contribution in [1.29, 1.82) is 0 Å². The number of ketones is 1. The van der Waals surface area contributed by atoms with Crippen molar-refractivity contribution in [3.05, 3.63) is 0 Å². The van der Waals surface area contributed by atoms with E-state index in [1.54, 1.807) is 0 Å². The standard InChI is InChI=1S/C6H11NO7/c7-6(14,1-8)4(11)2(9)3(10)5(12)13/h3-4,8,10-11,14H,1,7H2,(H,12,13)/t3?,4-,6+/m0/s1. The molecule has 0 radical (unpaired) electrons. The van der Waals surface area contributed by atoms with Crippen molar-refractivity contribution in [3.8, 4) is 0 Å². The summed E-state index contributed by atoms with van der Waals surface area (Å²) in [6, 6.07) is 0. The van der Waals surface area contributed by atoms with E-state index in [-0.39, 0.29) is 0 Å². The summed E-state index contributed by atoms with van der Waals surface area (Å²) in [5.74, 6) is -3.49. The first-order valence-corrected chi connectivity index (χ1v) is 3.49. The van der Waals surface area contributed by atoms with Gasteiger partial charge >= 0.3 is 5.97 Å². The van der Waals surface area contributed by atoms with Crippen LogP contribution in [0.2, 0.25) is 0 Å². The van der Waals surface area contributed by atoms with E-state index in [1.807, 2.05) is 0 Å². The van der Waals surface area contributed by atoms with Crippen LogP contribution < -0.4 is 5.73 Å². The van der Waals surface area contributed by atoms with Gasteiger partial charge in [-0.15, -0.1) is 0 Å². The first-order chi connectivity index (χ1) is 6.24. The van der Waals surface area contributed by atoms with Crippen LogP contribution in [0.15, 0.2) is 0 Å². The van der Waals surface area contributed by atoms with Crippen LogP contribution in [-0.2, 0) is 9.59 Å². The Labute approximate surface area is 78.2 Å². The average molecular weight is 209 g/mol. The highest BCUT2D eigenvalue weighted by atomic mass is 16.4. The topological polar surface area (TPSA) is 161 Å².